The van der Waals surface area contributed by atoms with Crippen LogP contribution in [0.25, 0.3) is 0 Å². The minimum atomic E-state index is -3.00. The van der Waals surface area contributed by atoms with Crippen LogP contribution in [0.1, 0.15) is 20.3 Å². The van der Waals surface area contributed by atoms with E-state index < -0.39 is 9.84 Å². The van der Waals surface area contributed by atoms with Crippen LogP contribution in [0, 0.1) is 0 Å². The summed E-state index contributed by atoms with van der Waals surface area (Å²) in [5.74, 6) is -0.0269. The SMILES string of the molecule is CC[C@@H](C)NC(=O)NCCS(C)(=O)=O. The Labute approximate surface area is 85.2 Å². The number of nitrogens with one attached hydrogen (secondary N) is 2. The van der Waals surface area contributed by atoms with Crippen molar-refractivity contribution in [1.82, 2.24) is 10.6 Å². The van der Waals surface area contributed by atoms with Crippen LogP contribution in [0.4, 0.5) is 4.79 Å². The Kier molecular flexibility index (Phi) is 5.52. The fraction of sp³-hybridized carbons (Fsp3) is 0.875. The molecular weight excluding hydrogens is 204 g/mol. The molecule has 0 fully saturated rings. The van der Waals surface area contributed by atoms with Gasteiger partial charge in [-0.15, -0.1) is 0 Å². The lowest BCUT2D eigenvalue weighted by atomic mass is 10.3. The first-order chi connectivity index (χ1) is 6.35. The first kappa shape index (κ1) is 13.2. The highest BCUT2D eigenvalue weighted by atomic mass is 32.2. The molecule has 0 saturated heterocycles. The van der Waals surface area contributed by atoms with Gasteiger partial charge in [-0.1, -0.05) is 6.92 Å². The largest absolute Gasteiger partial charge is 0.337 e. The standard InChI is InChI=1S/C8H18N2O3S/c1-4-7(2)10-8(11)9-5-6-14(3,12)13/h7H,4-6H2,1-3H3,(H2,9,10,11)/t7-/m1/s1. The third-order valence-electron chi connectivity index (χ3n) is 1.75. The van der Waals surface area contributed by atoms with E-state index in [0.717, 1.165) is 12.7 Å². The predicted molar refractivity (Wildman–Crippen MR) is 56.0 cm³/mol. The first-order valence-electron chi connectivity index (χ1n) is 4.57. The van der Waals surface area contributed by atoms with Crippen LogP contribution in [0.15, 0.2) is 0 Å². The molecule has 0 aliphatic heterocycles. The van der Waals surface area contributed by atoms with E-state index in [-0.39, 0.29) is 24.4 Å². The number of rotatable bonds is 5. The van der Waals surface area contributed by atoms with Crippen molar-refractivity contribution in [2.75, 3.05) is 18.6 Å². The van der Waals surface area contributed by atoms with Crippen molar-refractivity contribution in [2.45, 2.75) is 26.3 Å². The van der Waals surface area contributed by atoms with Gasteiger partial charge in [0.05, 0.1) is 5.75 Å². The van der Waals surface area contributed by atoms with Gasteiger partial charge in [0, 0.05) is 18.8 Å². The van der Waals surface area contributed by atoms with Crippen molar-refractivity contribution in [1.29, 1.82) is 0 Å². The van der Waals surface area contributed by atoms with E-state index in [0.29, 0.717) is 0 Å². The van der Waals surface area contributed by atoms with E-state index in [1.807, 2.05) is 13.8 Å². The fourth-order valence-electron chi connectivity index (χ4n) is 0.727. The highest BCUT2D eigenvalue weighted by Gasteiger charge is 2.06. The summed E-state index contributed by atoms with van der Waals surface area (Å²) in [7, 11) is -3.00. The molecule has 5 nitrogen and oxygen atoms in total. The van der Waals surface area contributed by atoms with Gasteiger partial charge in [0.1, 0.15) is 9.84 Å². The molecule has 14 heavy (non-hydrogen) atoms. The van der Waals surface area contributed by atoms with Gasteiger partial charge >= 0.3 is 6.03 Å². The second-order valence-electron chi connectivity index (χ2n) is 3.34. The topological polar surface area (TPSA) is 75.3 Å². The summed E-state index contributed by atoms with van der Waals surface area (Å²) < 4.78 is 21.4. The summed E-state index contributed by atoms with van der Waals surface area (Å²) in [6, 6.07) is -0.212. The summed E-state index contributed by atoms with van der Waals surface area (Å²) in [6.45, 7) is 4.00. The molecule has 0 aromatic heterocycles. The Hall–Kier alpha value is -0.780. The molecule has 0 aromatic carbocycles. The molecule has 0 aliphatic carbocycles. The lowest BCUT2D eigenvalue weighted by Crippen LogP contribution is -2.42. The Morgan fingerprint density at radius 3 is 2.43 bits per heavy atom. The molecule has 84 valence electrons. The molecule has 0 unspecified atom stereocenters. The zero-order chi connectivity index (χ0) is 11.2. The highest BCUT2D eigenvalue weighted by molar-refractivity contribution is 7.90. The molecule has 2 N–H and O–H groups in total. The highest BCUT2D eigenvalue weighted by Crippen LogP contribution is 1.86. The van der Waals surface area contributed by atoms with Crippen molar-refractivity contribution in [3.05, 3.63) is 0 Å². The van der Waals surface area contributed by atoms with E-state index >= 15 is 0 Å². The zero-order valence-corrected chi connectivity index (χ0v) is 9.65. The first-order valence-corrected chi connectivity index (χ1v) is 6.63. The van der Waals surface area contributed by atoms with Crippen LogP contribution in [-0.4, -0.2) is 39.0 Å². The summed E-state index contributed by atoms with van der Waals surface area (Å²) in [5.41, 5.74) is 0. The van der Waals surface area contributed by atoms with Crippen LogP contribution >= 0.6 is 0 Å². The fourth-order valence-corrected chi connectivity index (χ4v) is 1.20. The van der Waals surface area contributed by atoms with Crippen LogP contribution in [-0.2, 0) is 9.84 Å². The van der Waals surface area contributed by atoms with Gasteiger partial charge in [-0.05, 0) is 13.3 Å². The number of hydrogen-bond donors (Lipinski definition) is 2. The quantitative estimate of drug-likeness (QED) is 0.694. The van der Waals surface area contributed by atoms with Crippen LogP contribution < -0.4 is 10.6 Å². The summed E-state index contributed by atoms with van der Waals surface area (Å²) >= 11 is 0. The van der Waals surface area contributed by atoms with Gasteiger partial charge in [-0.3, -0.25) is 0 Å². The molecule has 1 atom stereocenters. The Bertz CT molecular complexity index is 274. The van der Waals surface area contributed by atoms with Crippen LogP contribution in [0.5, 0.6) is 0 Å². The second kappa shape index (κ2) is 5.85. The smallest absolute Gasteiger partial charge is 0.315 e. The maximum atomic E-state index is 11.1. The molecule has 6 heteroatoms. The van der Waals surface area contributed by atoms with E-state index in [1.165, 1.54) is 0 Å². The van der Waals surface area contributed by atoms with Crippen LogP contribution in [0.3, 0.4) is 0 Å². The van der Waals surface area contributed by atoms with Crippen molar-refractivity contribution >= 4 is 15.9 Å². The normalized spacial score (nSPS) is 13.4. The third kappa shape index (κ3) is 7.85. The minimum Gasteiger partial charge on any atom is -0.337 e. The Morgan fingerprint density at radius 1 is 1.43 bits per heavy atom. The Morgan fingerprint density at radius 2 is 2.00 bits per heavy atom. The molecule has 0 radical (unpaired) electrons. The molecule has 0 saturated carbocycles. The molecule has 0 aliphatic rings. The average molecular weight is 222 g/mol. The van der Waals surface area contributed by atoms with E-state index in [4.69, 9.17) is 0 Å². The average Bonchev–Trinajstić information content (AvgIpc) is 2.01. The second-order valence-corrected chi connectivity index (χ2v) is 5.60. The van der Waals surface area contributed by atoms with Gasteiger partial charge in [0.15, 0.2) is 0 Å². The number of carbonyl (C=O) groups excluding carboxylic acids is 1. The number of sulfone groups is 1. The van der Waals surface area contributed by atoms with Crippen molar-refractivity contribution in [3.8, 4) is 0 Å². The maximum absolute atomic E-state index is 11.1. The molecule has 0 heterocycles. The van der Waals surface area contributed by atoms with E-state index in [9.17, 15) is 13.2 Å². The van der Waals surface area contributed by atoms with Gasteiger partial charge in [0.25, 0.3) is 0 Å². The van der Waals surface area contributed by atoms with Gasteiger partial charge in [-0.2, -0.15) is 0 Å². The lowest BCUT2D eigenvalue weighted by Gasteiger charge is -2.11. The molecule has 0 spiro atoms. The van der Waals surface area contributed by atoms with Crippen molar-refractivity contribution in [3.63, 3.8) is 0 Å². The minimum absolute atomic E-state index is 0.0269. The lowest BCUT2D eigenvalue weighted by molar-refractivity contribution is 0.238. The number of urea groups is 1. The molecular formula is C8H18N2O3S. The molecule has 0 aromatic rings. The number of amides is 2. The number of carbonyl (C=O) groups is 1. The van der Waals surface area contributed by atoms with E-state index in [2.05, 4.69) is 10.6 Å². The Balaban J connectivity index is 3.65. The van der Waals surface area contributed by atoms with Crippen LogP contribution in [0.2, 0.25) is 0 Å². The van der Waals surface area contributed by atoms with Gasteiger partial charge < -0.3 is 10.6 Å². The van der Waals surface area contributed by atoms with Gasteiger partial charge in [0.2, 0.25) is 0 Å². The third-order valence-corrected chi connectivity index (χ3v) is 2.69. The zero-order valence-electron chi connectivity index (χ0n) is 8.83. The maximum Gasteiger partial charge on any atom is 0.315 e. The summed E-state index contributed by atoms with van der Waals surface area (Å²) in [5, 5.41) is 5.15. The van der Waals surface area contributed by atoms with Crippen molar-refractivity contribution < 1.29 is 13.2 Å². The summed E-state index contributed by atoms with van der Waals surface area (Å²) in [6.07, 6.45) is 1.99. The molecule has 2 amide bonds. The number of hydrogen-bond acceptors (Lipinski definition) is 3. The molecule has 0 bridgehead atoms. The predicted octanol–water partition coefficient (Wildman–Crippen LogP) is 0.129. The van der Waals surface area contributed by atoms with E-state index in [1.54, 1.807) is 0 Å². The monoisotopic (exact) mass is 222 g/mol. The molecule has 0 rings (SSSR count). The van der Waals surface area contributed by atoms with Gasteiger partial charge in [-0.25, -0.2) is 13.2 Å². The van der Waals surface area contributed by atoms with Crippen molar-refractivity contribution in [2.24, 2.45) is 0 Å². The summed E-state index contributed by atoms with van der Waals surface area (Å²) in [4.78, 5) is 11.1.